The molecule has 1 saturated heterocycles. The zero-order valence-corrected chi connectivity index (χ0v) is 15.6. The molecule has 0 bridgehead atoms. The molecule has 0 spiro atoms. The second kappa shape index (κ2) is 8.95. The lowest BCUT2D eigenvalue weighted by molar-refractivity contribution is -0.105. The van der Waals surface area contributed by atoms with Crippen molar-refractivity contribution in [2.24, 2.45) is 0 Å². The van der Waals surface area contributed by atoms with Gasteiger partial charge in [0.05, 0.1) is 30.5 Å². The van der Waals surface area contributed by atoms with E-state index in [-0.39, 0.29) is 17.4 Å². The fourth-order valence-corrected chi connectivity index (χ4v) is 3.42. The van der Waals surface area contributed by atoms with Gasteiger partial charge in [0, 0.05) is 6.20 Å². The number of nitrogens with zero attached hydrogens (tertiary/aromatic N) is 2. The summed E-state index contributed by atoms with van der Waals surface area (Å²) >= 11 is 0. The van der Waals surface area contributed by atoms with Crippen LogP contribution in [0.1, 0.15) is 44.3 Å². The molecule has 2 aliphatic rings. The van der Waals surface area contributed by atoms with Gasteiger partial charge in [-0.1, -0.05) is 12.7 Å². The molecule has 5 nitrogen and oxygen atoms in total. The van der Waals surface area contributed by atoms with Crippen LogP contribution in [0.15, 0.2) is 53.7 Å². The molecule has 0 N–H and O–H groups in total. The van der Waals surface area contributed by atoms with Gasteiger partial charge in [-0.3, -0.25) is 9.48 Å². The second-order valence-electron chi connectivity index (χ2n) is 6.77. The highest BCUT2D eigenvalue weighted by atomic mass is 19.1. The van der Waals surface area contributed by atoms with Crippen molar-refractivity contribution >= 4 is 11.9 Å². The Morgan fingerprint density at radius 2 is 2.22 bits per heavy atom. The number of carbonyl (C=O) groups is 1. The topological polar surface area (TPSA) is 53.3 Å². The van der Waals surface area contributed by atoms with Crippen molar-refractivity contribution in [3.8, 4) is 0 Å². The van der Waals surface area contributed by atoms with Crippen molar-refractivity contribution in [2.75, 3.05) is 19.8 Å². The van der Waals surface area contributed by atoms with Gasteiger partial charge in [0.2, 0.25) is 0 Å². The Hall–Kier alpha value is -2.47. The molecule has 1 aromatic rings. The average molecular weight is 372 g/mol. The molecule has 1 aromatic heterocycles. The van der Waals surface area contributed by atoms with Crippen LogP contribution in [0.25, 0.3) is 5.57 Å². The third kappa shape index (κ3) is 4.27. The van der Waals surface area contributed by atoms with Crippen LogP contribution in [0.4, 0.5) is 4.39 Å². The van der Waals surface area contributed by atoms with E-state index in [1.54, 1.807) is 6.92 Å². The molecular formula is C21H25FN2O3. The Morgan fingerprint density at radius 3 is 2.89 bits per heavy atom. The van der Waals surface area contributed by atoms with Gasteiger partial charge in [0.15, 0.2) is 6.29 Å². The van der Waals surface area contributed by atoms with Crippen LogP contribution in [0.5, 0.6) is 0 Å². The maximum Gasteiger partial charge on any atom is 0.156 e. The molecule has 0 aromatic carbocycles. The molecule has 1 fully saturated rings. The van der Waals surface area contributed by atoms with Gasteiger partial charge in [-0.15, -0.1) is 0 Å². The van der Waals surface area contributed by atoms with E-state index in [0.29, 0.717) is 26.1 Å². The minimum Gasteiger partial charge on any atom is -0.493 e. The van der Waals surface area contributed by atoms with E-state index in [1.807, 2.05) is 16.9 Å². The first kappa shape index (κ1) is 19.3. The molecule has 1 aliphatic carbocycles. The van der Waals surface area contributed by atoms with Gasteiger partial charge in [-0.2, -0.15) is 5.10 Å². The highest BCUT2D eigenvalue weighted by Crippen LogP contribution is 2.34. The van der Waals surface area contributed by atoms with Crippen molar-refractivity contribution in [1.29, 1.82) is 0 Å². The summed E-state index contributed by atoms with van der Waals surface area (Å²) in [5.41, 5.74) is 3.45. The largest absolute Gasteiger partial charge is 0.493 e. The minimum absolute atomic E-state index is 0.0791. The fraction of sp³-hybridized carbons (Fsp3) is 0.429. The number of rotatable bonds is 8. The molecule has 0 unspecified atom stereocenters. The quantitative estimate of drug-likeness (QED) is 0.295. The number of halogens is 1. The molecule has 144 valence electrons. The van der Waals surface area contributed by atoms with Gasteiger partial charge < -0.3 is 9.47 Å². The molecule has 2 heterocycles. The maximum absolute atomic E-state index is 14.0. The number of hydrogen-bond acceptors (Lipinski definition) is 4. The third-order valence-corrected chi connectivity index (χ3v) is 5.01. The summed E-state index contributed by atoms with van der Waals surface area (Å²) in [6.45, 7) is 6.77. The summed E-state index contributed by atoms with van der Waals surface area (Å²) in [7, 11) is 0. The van der Waals surface area contributed by atoms with Crippen molar-refractivity contribution in [2.45, 2.75) is 38.6 Å². The molecule has 0 radical (unpaired) electrons. The van der Waals surface area contributed by atoms with Crippen molar-refractivity contribution in [3.05, 3.63) is 59.4 Å². The van der Waals surface area contributed by atoms with Crippen molar-refractivity contribution < 1.29 is 18.7 Å². The van der Waals surface area contributed by atoms with E-state index < -0.39 is 5.83 Å². The van der Waals surface area contributed by atoms with Crippen molar-refractivity contribution in [3.63, 3.8) is 0 Å². The normalized spacial score (nSPS) is 19.4. The van der Waals surface area contributed by atoms with E-state index in [2.05, 4.69) is 11.7 Å². The van der Waals surface area contributed by atoms with Gasteiger partial charge >= 0.3 is 0 Å². The number of allylic oxidation sites excluding steroid dienone is 6. The lowest BCUT2D eigenvalue weighted by Gasteiger charge is -2.29. The van der Waals surface area contributed by atoms with Gasteiger partial charge in [0.25, 0.3) is 0 Å². The molecule has 0 amide bonds. The fourth-order valence-electron chi connectivity index (χ4n) is 3.42. The van der Waals surface area contributed by atoms with E-state index in [9.17, 15) is 9.18 Å². The number of aldehydes is 1. The predicted molar refractivity (Wildman–Crippen MR) is 102 cm³/mol. The highest BCUT2D eigenvalue weighted by Gasteiger charge is 2.26. The lowest BCUT2D eigenvalue weighted by Crippen LogP contribution is -2.32. The highest BCUT2D eigenvalue weighted by molar-refractivity contribution is 5.80. The van der Waals surface area contributed by atoms with Crippen LogP contribution >= 0.6 is 0 Å². The summed E-state index contributed by atoms with van der Waals surface area (Å²) in [5.74, 6) is -0.364. The zero-order chi connectivity index (χ0) is 19.2. The van der Waals surface area contributed by atoms with E-state index in [4.69, 9.17) is 9.47 Å². The van der Waals surface area contributed by atoms with Crippen LogP contribution in [-0.4, -0.2) is 35.9 Å². The Labute approximate surface area is 158 Å². The zero-order valence-electron chi connectivity index (χ0n) is 15.6. The molecule has 3 rings (SSSR count). The van der Waals surface area contributed by atoms with Gasteiger partial charge in [-0.25, -0.2) is 4.39 Å². The number of aromatic nitrogens is 2. The van der Waals surface area contributed by atoms with Crippen LogP contribution in [0, 0.1) is 0 Å². The van der Waals surface area contributed by atoms with Crippen LogP contribution in [0.2, 0.25) is 0 Å². The summed E-state index contributed by atoms with van der Waals surface area (Å²) in [4.78, 5) is 11.2. The first-order valence-electron chi connectivity index (χ1n) is 9.25. The van der Waals surface area contributed by atoms with Gasteiger partial charge in [0.1, 0.15) is 18.2 Å². The molecule has 27 heavy (non-hydrogen) atoms. The van der Waals surface area contributed by atoms with Crippen LogP contribution in [-0.2, 0) is 14.3 Å². The molecular weight excluding hydrogens is 347 g/mol. The molecule has 1 aliphatic heterocycles. The monoisotopic (exact) mass is 372 g/mol. The molecule has 6 heteroatoms. The molecule has 0 saturated carbocycles. The van der Waals surface area contributed by atoms with Gasteiger partial charge in [-0.05, 0) is 55.9 Å². The summed E-state index contributed by atoms with van der Waals surface area (Å²) in [6, 6.07) is 2.32. The summed E-state index contributed by atoms with van der Waals surface area (Å²) < 4.78 is 27.1. The second-order valence-corrected chi connectivity index (χ2v) is 6.77. The van der Waals surface area contributed by atoms with Crippen molar-refractivity contribution in [1.82, 2.24) is 9.78 Å². The minimum atomic E-state index is -0.640. The maximum atomic E-state index is 14.0. The Morgan fingerprint density at radius 1 is 1.44 bits per heavy atom. The number of carbonyl (C=O) groups excluding carboxylic acids is 1. The predicted octanol–water partition coefficient (Wildman–Crippen LogP) is 4.31. The lowest BCUT2D eigenvalue weighted by atomic mass is 9.90. The summed E-state index contributed by atoms with van der Waals surface area (Å²) in [6.07, 6.45) is 8.86. The van der Waals surface area contributed by atoms with Crippen LogP contribution in [0.3, 0.4) is 0 Å². The number of hydrogen-bond donors (Lipinski definition) is 0. The number of ether oxygens (including phenoxy) is 2. The van der Waals surface area contributed by atoms with E-state index in [1.165, 1.54) is 17.2 Å². The Kier molecular flexibility index (Phi) is 6.40. The molecule has 0 atom stereocenters. The van der Waals surface area contributed by atoms with E-state index >= 15 is 0 Å². The van der Waals surface area contributed by atoms with Crippen LogP contribution < -0.4 is 0 Å². The average Bonchev–Trinajstić information content (AvgIpc) is 3.08. The Bertz CT molecular complexity index is 800. The first-order chi connectivity index (χ1) is 13.2. The van der Waals surface area contributed by atoms with E-state index in [0.717, 1.165) is 37.5 Å². The SMILES string of the molecule is C=C/C=C(F)\C(C=O)=C(/C)OCC1=C(c2ccnn2C2COC2)CCCC1. The smallest absolute Gasteiger partial charge is 0.156 e. The summed E-state index contributed by atoms with van der Waals surface area (Å²) in [5, 5.41) is 4.47. The standard InChI is InChI=1S/C21H25FN2O3/c1-3-6-20(22)19(11-25)15(2)27-12-16-7-4-5-8-18(16)21-9-10-23-24(21)17-13-26-14-17/h3,6,9-11,17H,1,4-5,7-8,12-14H2,2H3/b19-15+,20-6+. The third-order valence-electron chi connectivity index (χ3n) is 5.01. The Balaban J connectivity index is 1.83. The first-order valence-corrected chi connectivity index (χ1v) is 9.25.